The van der Waals surface area contributed by atoms with Crippen molar-refractivity contribution < 1.29 is 22.0 Å². The molecule has 9 heteroatoms. The molecular weight excluding hydrogens is 379 g/mol. The predicted molar refractivity (Wildman–Crippen MR) is 87.6 cm³/mol. The van der Waals surface area contributed by atoms with Gasteiger partial charge in [-0.1, -0.05) is 30.8 Å². The van der Waals surface area contributed by atoms with E-state index in [0.717, 1.165) is 17.8 Å². The molecule has 2 aromatic rings. The van der Waals surface area contributed by atoms with Crippen LogP contribution in [0.2, 0.25) is 0 Å². The van der Waals surface area contributed by atoms with E-state index in [4.69, 9.17) is 5.26 Å². The monoisotopic (exact) mass is 390 g/mol. The summed E-state index contributed by atoms with van der Waals surface area (Å²) in [5.41, 5.74) is -1.17. The first-order chi connectivity index (χ1) is 11.8. The number of hydrogen-bond donors (Lipinski definition) is 0. The fourth-order valence-electron chi connectivity index (χ4n) is 2.05. The van der Waals surface area contributed by atoms with E-state index in [2.05, 4.69) is 4.98 Å². The van der Waals surface area contributed by atoms with E-state index in [-0.39, 0.29) is 10.7 Å². The molecule has 2 nitrogen and oxygen atoms in total. The number of nitriles is 1. The van der Waals surface area contributed by atoms with E-state index in [9.17, 15) is 22.0 Å². The van der Waals surface area contributed by atoms with Crippen LogP contribution >= 0.6 is 23.5 Å². The van der Waals surface area contributed by atoms with Crippen LogP contribution in [0.4, 0.5) is 22.0 Å². The van der Waals surface area contributed by atoms with Crippen molar-refractivity contribution in [1.82, 2.24) is 4.98 Å². The van der Waals surface area contributed by atoms with Crippen LogP contribution in [0.3, 0.4) is 0 Å². The zero-order chi connectivity index (χ0) is 18.6. The fraction of sp³-hybridized carbons (Fsp3) is 0.250. The summed E-state index contributed by atoms with van der Waals surface area (Å²) >= 11 is 1.39. The van der Waals surface area contributed by atoms with Crippen LogP contribution in [0.1, 0.15) is 18.1 Å². The zero-order valence-corrected chi connectivity index (χ0v) is 14.4. The van der Waals surface area contributed by atoms with Gasteiger partial charge in [0.15, 0.2) is 0 Å². The van der Waals surface area contributed by atoms with E-state index in [1.165, 1.54) is 24.3 Å². The number of rotatable bonds is 5. The molecule has 0 spiro atoms. The van der Waals surface area contributed by atoms with Crippen LogP contribution in [0, 0.1) is 11.3 Å². The van der Waals surface area contributed by atoms with Crippen molar-refractivity contribution in [1.29, 1.82) is 5.26 Å². The molecule has 0 atom stereocenters. The maximum Gasteiger partial charge on any atom is 0.417 e. The molecule has 0 aliphatic carbocycles. The first kappa shape index (κ1) is 19.5. The Morgan fingerprint density at radius 2 is 1.84 bits per heavy atom. The van der Waals surface area contributed by atoms with Gasteiger partial charge in [0.05, 0.1) is 16.8 Å². The maximum absolute atomic E-state index is 13.3. The molecule has 0 saturated carbocycles. The van der Waals surface area contributed by atoms with Crippen LogP contribution in [0.25, 0.3) is 11.3 Å². The SMILES string of the molecule is CCSc1nc(-c2ccc(SC(F)F)cc2)cc(C(F)(F)F)c1C#N. The lowest BCUT2D eigenvalue weighted by molar-refractivity contribution is -0.138. The first-order valence-corrected chi connectivity index (χ1v) is 8.83. The highest BCUT2D eigenvalue weighted by molar-refractivity contribution is 7.99. The maximum atomic E-state index is 13.3. The molecule has 1 aromatic heterocycles. The van der Waals surface area contributed by atoms with Crippen LogP contribution in [-0.2, 0) is 6.18 Å². The molecule has 2 rings (SSSR count). The summed E-state index contributed by atoms with van der Waals surface area (Å²) < 4.78 is 64.5. The smallest absolute Gasteiger partial charge is 0.240 e. The second-order valence-electron chi connectivity index (χ2n) is 4.68. The van der Waals surface area contributed by atoms with Gasteiger partial charge in [0, 0.05) is 10.5 Å². The highest BCUT2D eigenvalue weighted by Crippen LogP contribution is 2.38. The number of pyridine rings is 1. The highest BCUT2D eigenvalue weighted by atomic mass is 32.2. The van der Waals surface area contributed by atoms with Gasteiger partial charge in [-0.25, -0.2) is 4.98 Å². The van der Waals surface area contributed by atoms with Crippen molar-refractivity contribution in [2.24, 2.45) is 0 Å². The van der Waals surface area contributed by atoms with Gasteiger partial charge >= 0.3 is 6.18 Å². The topological polar surface area (TPSA) is 36.7 Å². The number of hydrogen-bond acceptors (Lipinski definition) is 4. The Hall–Kier alpha value is -1.79. The molecule has 0 unspecified atom stereocenters. The third kappa shape index (κ3) is 4.86. The van der Waals surface area contributed by atoms with Gasteiger partial charge in [0.2, 0.25) is 0 Å². The van der Waals surface area contributed by atoms with Crippen molar-refractivity contribution in [3.8, 4) is 17.3 Å². The lowest BCUT2D eigenvalue weighted by Crippen LogP contribution is -2.10. The number of thioether (sulfide) groups is 2. The van der Waals surface area contributed by atoms with Gasteiger partial charge in [-0.15, -0.1) is 11.8 Å². The van der Waals surface area contributed by atoms with Gasteiger partial charge in [-0.3, -0.25) is 0 Å². The second-order valence-corrected chi connectivity index (χ2v) is 7.00. The Labute approximate surface area is 149 Å². The largest absolute Gasteiger partial charge is 0.417 e. The Bertz CT molecular complexity index is 783. The third-order valence-corrected chi connectivity index (χ3v) is 4.64. The molecule has 0 aliphatic heterocycles. The summed E-state index contributed by atoms with van der Waals surface area (Å²) in [4.78, 5) is 4.45. The molecule has 0 N–H and O–H groups in total. The predicted octanol–water partition coefficient (Wildman–Crippen LogP) is 6.07. The van der Waals surface area contributed by atoms with Crippen molar-refractivity contribution >= 4 is 23.5 Å². The Morgan fingerprint density at radius 1 is 1.20 bits per heavy atom. The standard InChI is InChI=1S/C16H11F5N2S2/c1-2-24-14-11(8-22)12(16(19,20)21)7-13(23-14)9-3-5-10(6-4-9)25-15(17)18/h3-7,15H,2H2,1H3. The van der Waals surface area contributed by atoms with E-state index in [1.54, 1.807) is 13.0 Å². The summed E-state index contributed by atoms with van der Waals surface area (Å²) in [5, 5.41) is 9.09. The molecule has 0 radical (unpaired) electrons. The number of aromatic nitrogens is 1. The second kappa shape index (κ2) is 8.06. The third-order valence-electron chi connectivity index (χ3n) is 3.06. The molecule has 0 saturated heterocycles. The minimum absolute atomic E-state index is 0.000793. The number of alkyl halides is 5. The first-order valence-electron chi connectivity index (χ1n) is 6.96. The van der Waals surface area contributed by atoms with Gasteiger partial charge in [0.1, 0.15) is 11.1 Å². The van der Waals surface area contributed by atoms with Crippen molar-refractivity contribution in [2.75, 3.05) is 5.75 Å². The Morgan fingerprint density at radius 3 is 2.32 bits per heavy atom. The normalized spacial score (nSPS) is 11.6. The van der Waals surface area contributed by atoms with Gasteiger partial charge in [-0.2, -0.15) is 27.2 Å². The van der Waals surface area contributed by atoms with Gasteiger partial charge < -0.3 is 0 Å². The molecule has 1 heterocycles. The fourth-order valence-corrected chi connectivity index (χ4v) is 3.28. The summed E-state index contributed by atoms with van der Waals surface area (Å²) in [6, 6.07) is 8.04. The van der Waals surface area contributed by atoms with Crippen LogP contribution in [0.5, 0.6) is 0 Å². The van der Waals surface area contributed by atoms with E-state index in [0.29, 0.717) is 28.0 Å². The molecule has 0 aliphatic rings. The Kier molecular flexibility index (Phi) is 6.30. The average Bonchev–Trinajstić information content (AvgIpc) is 2.54. The van der Waals surface area contributed by atoms with Crippen LogP contribution < -0.4 is 0 Å². The van der Waals surface area contributed by atoms with Gasteiger partial charge in [-0.05, 0) is 24.0 Å². The molecule has 0 bridgehead atoms. The summed E-state index contributed by atoms with van der Waals surface area (Å²) in [7, 11) is 0. The quantitative estimate of drug-likeness (QED) is 0.459. The lowest BCUT2D eigenvalue weighted by atomic mass is 10.1. The van der Waals surface area contributed by atoms with E-state index < -0.39 is 23.1 Å². The molecule has 0 amide bonds. The zero-order valence-electron chi connectivity index (χ0n) is 12.8. The summed E-state index contributed by atoms with van der Waals surface area (Å²) in [5.74, 6) is -2.13. The molecular formula is C16H11F5N2S2. The van der Waals surface area contributed by atoms with Crippen LogP contribution in [0.15, 0.2) is 40.3 Å². The Balaban J connectivity index is 2.54. The van der Waals surface area contributed by atoms with Crippen molar-refractivity contribution in [3.63, 3.8) is 0 Å². The van der Waals surface area contributed by atoms with E-state index >= 15 is 0 Å². The van der Waals surface area contributed by atoms with Gasteiger partial charge in [0.25, 0.3) is 5.76 Å². The van der Waals surface area contributed by atoms with Crippen molar-refractivity contribution in [3.05, 3.63) is 41.5 Å². The number of halogens is 5. The van der Waals surface area contributed by atoms with E-state index in [1.807, 2.05) is 0 Å². The molecule has 25 heavy (non-hydrogen) atoms. The lowest BCUT2D eigenvalue weighted by Gasteiger charge is -2.14. The number of nitrogens with zero attached hydrogens (tertiary/aromatic N) is 2. The average molecular weight is 390 g/mol. The molecule has 1 aromatic carbocycles. The van der Waals surface area contributed by atoms with Crippen molar-refractivity contribution in [2.45, 2.75) is 28.8 Å². The summed E-state index contributed by atoms with van der Waals surface area (Å²) in [6.45, 7) is 1.74. The van der Waals surface area contributed by atoms with Crippen LogP contribution in [-0.4, -0.2) is 16.5 Å². The highest BCUT2D eigenvalue weighted by Gasteiger charge is 2.36. The number of benzene rings is 1. The minimum Gasteiger partial charge on any atom is -0.240 e. The molecule has 132 valence electrons. The summed E-state index contributed by atoms with van der Waals surface area (Å²) in [6.07, 6.45) is -4.70. The molecule has 0 fully saturated rings. The minimum atomic E-state index is -4.70.